The summed E-state index contributed by atoms with van der Waals surface area (Å²) < 4.78 is 1.17. The van der Waals surface area contributed by atoms with Crippen molar-refractivity contribution in [2.45, 2.75) is 0 Å². The molecule has 0 amide bonds. The molecule has 0 radical (unpaired) electrons. The van der Waals surface area contributed by atoms with Gasteiger partial charge in [-0.25, -0.2) is 0 Å². The highest BCUT2D eigenvalue weighted by molar-refractivity contribution is 9.11. The van der Waals surface area contributed by atoms with Gasteiger partial charge in [-0.3, -0.25) is 0 Å². The van der Waals surface area contributed by atoms with Gasteiger partial charge >= 0.3 is 0 Å². The first kappa shape index (κ1) is 6.11. The predicted molar refractivity (Wildman–Crippen MR) is 41.6 cm³/mol. The minimum atomic E-state index is 1.17. The van der Waals surface area contributed by atoms with E-state index in [1.165, 1.54) is 8.79 Å². The lowest BCUT2D eigenvalue weighted by atomic mass is 10.6. The van der Waals surface area contributed by atoms with E-state index in [4.69, 9.17) is 0 Å². The molecule has 44 valence electrons. The van der Waals surface area contributed by atoms with Crippen LogP contribution in [0.3, 0.4) is 0 Å². The van der Waals surface area contributed by atoms with Crippen molar-refractivity contribution in [2.75, 3.05) is 12.4 Å². The molecule has 0 aliphatic heterocycles. The average Bonchev–Trinajstić information content (AvgIpc) is 2.14. The van der Waals surface area contributed by atoms with Crippen molar-refractivity contribution in [3.05, 3.63) is 15.9 Å². The molecule has 1 N–H and O–H groups in total. The second-order valence-electron chi connectivity index (χ2n) is 1.35. The molecule has 0 unspecified atom stereocenters. The summed E-state index contributed by atoms with van der Waals surface area (Å²) in [7, 11) is 1.91. The molecule has 1 aromatic heterocycles. The van der Waals surface area contributed by atoms with E-state index in [1.807, 2.05) is 19.2 Å². The van der Waals surface area contributed by atoms with E-state index in [0.29, 0.717) is 0 Å². The van der Waals surface area contributed by atoms with Gasteiger partial charge in [-0.2, -0.15) is 0 Å². The summed E-state index contributed by atoms with van der Waals surface area (Å²) in [4.78, 5) is 0. The van der Waals surface area contributed by atoms with Gasteiger partial charge < -0.3 is 5.32 Å². The van der Waals surface area contributed by atoms with Crippen LogP contribution in [0.2, 0.25) is 0 Å². The fourth-order valence-electron chi connectivity index (χ4n) is 0.449. The predicted octanol–water partition coefficient (Wildman–Crippen LogP) is 2.55. The first-order chi connectivity index (χ1) is 3.83. The second kappa shape index (κ2) is 2.51. The molecule has 1 rings (SSSR count). The number of anilines is 1. The van der Waals surface area contributed by atoms with Crippen LogP contribution in [-0.2, 0) is 0 Å². The zero-order valence-corrected chi connectivity index (χ0v) is 6.84. The van der Waals surface area contributed by atoms with Crippen molar-refractivity contribution in [1.82, 2.24) is 0 Å². The lowest BCUT2D eigenvalue weighted by Crippen LogP contribution is -1.79. The van der Waals surface area contributed by atoms with Crippen molar-refractivity contribution in [1.29, 1.82) is 0 Å². The van der Waals surface area contributed by atoms with Gasteiger partial charge in [0.25, 0.3) is 0 Å². The van der Waals surface area contributed by atoms with Crippen LogP contribution in [0.5, 0.6) is 0 Å². The third-order valence-corrected chi connectivity index (χ3v) is 2.46. The van der Waals surface area contributed by atoms with E-state index in [2.05, 4.69) is 21.2 Å². The van der Waals surface area contributed by atoms with Crippen molar-refractivity contribution in [2.24, 2.45) is 0 Å². The van der Waals surface area contributed by atoms with Gasteiger partial charge in [0, 0.05) is 7.05 Å². The number of halogens is 1. The smallest absolute Gasteiger partial charge is 0.0891 e. The van der Waals surface area contributed by atoms with E-state index >= 15 is 0 Å². The standard InChI is InChI=1S/C5H6BrNS/c1-7-5-3-2-4(6)8-5/h2-3,7H,1H3. The molecule has 0 aliphatic rings. The van der Waals surface area contributed by atoms with Gasteiger partial charge in [0.15, 0.2) is 0 Å². The summed E-state index contributed by atoms with van der Waals surface area (Å²) in [6.07, 6.45) is 0. The van der Waals surface area contributed by atoms with Crippen LogP contribution in [-0.4, -0.2) is 7.05 Å². The largest absolute Gasteiger partial charge is 0.380 e. The summed E-state index contributed by atoms with van der Waals surface area (Å²) in [6.45, 7) is 0. The normalized spacial score (nSPS) is 9.25. The Hall–Kier alpha value is -0.0200. The summed E-state index contributed by atoms with van der Waals surface area (Å²) in [5, 5.41) is 4.23. The van der Waals surface area contributed by atoms with Gasteiger partial charge in [0.1, 0.15) is 0 Å². The molecule has 0 fully saturated rings. The molecule has 1 nitrogen and oxygen atoms in total. The van der Waals surface area contributed by atoms with E-state index in [-0.39, 0.29) is 0 Å². The van der Waals surface area contributed by atoms with Gasteiger partial charge in [0.2, 0.25) is 0 Å². The SMILES string of the molecule is CNc1ccc(Br)s1. The molecular weight excluding hydrogens is 186 g/mol. The quantitative estimate of drug-likeness (QED) is 0.720. The van der Waals surface area contributed by atoms with E-state index in [0.717, 1.165) is 0 Å². The lowest BCUT2D eigenvalue weighted by molar-refractivity contribution is 1.60. The van der Waals surface area contributed by atoms with Gasteiger partial charge in [-0.15, -0.1) is 11.3 Å². The molecule has 3 heteroatoms. The van der Waals surface area contributed by atoms with Crippen LogP contribution >= 0.6 is 27.3 Å². The maximum atomic E-state index is 3.35. The van der Waals surface area contributed by atoms with Crippen molar-refractivity contribution >= 4 is 32.3 Å². The molecule has 0 aromatic carbocycles. The maximum Gasteiger partial charge on any atom is 0.0891 e. The highest BCUT2D eigenvalue weighted by atomic mass is 79.9. The van der Waals surface area contributed by atoms with Crippen LogP contribution in [0.4, 0.5) is 5.00 Å². The Labute approximate surface area is 60.9 Å². The molecule has 8 heavy (non-hydrogen) atoms. The van der Waals surface area contributed by atoms with Gasteiger partial charge in [0.05, 0.1) is 8.79 Å². The van der Waals surface area contributed by atoms with Crippen molar-refractivity contribution in [3.8, 4) is 0 Å². The highest BCUT2D eigenvalue weighted by Gasteiger charge is 1.90. The molecule has 0 bridgehead atoms. The molecule has 0 spiro atoms. The fourth-order valence-corrected chi connectivity index (χ4v) is 1.69. The molecule has 1 heterocycles. The maximum absolute atomic E-state index is 3.35. The van der Waals surface area contributed by atoms with Crippen LogP contribution in [0, 0.1) is 0 Å². The molecule has 0 aliphatic carbocycles. The van der Waals surface area contributed by atoms with Crippen LogP contribution in [0.1, 0.15) is 0 Å². The van der Waals surface area contributed by atoms with E-state index in [1.54, 1.807) is 11.3 Å². The number of thiophene rings is 1. The molecule has 0 saturated carbocycles. The minimum Gasteiger partial charge on any atom is -0.380 e. The third-order valence-electron chi connectivity index (χ3n) is 0.820. The summed E-state index contributed by atoms with van der Waals surface area (Å²) >= 11 is 5.04. The summed E-state index contributed by atoms with van der Waals surface area (Å²) in [6, 6.07) is 4.06. The highest BCUT2D eigenvalue weighted by Crippen LogP contribution is 2.25. The minimum absolute atomic E-state index is 1.17. The topological polar surface area (TPSA) is 12.0 Å². The number of hydrogen-bond donors (Lipinski definition) is 1. The Bertz CT molecular complexity index is 173. The summed E-state index contributed by atoms with van der Waals surface area (Å²) in [5.41, 5.74) is 0. The van der Waals surface area contributed by atoms with Crippen LogP contribution < -0.4 is 5.32 Å². The Morgan fingerprint density at radius 3 is 2.62 bits per heavy atom. The lowest BCUT2D eigenvalue weighted by Gasteiger charge is -1.86. The first-order valence-electron chi connectivity index (χ1n) is 2.26. The Morgan fingerprint density at radius 1 is 1.62 bits per heavy atom. The molecule has 0 atom stereocenters. The van der Waals surface area contributed by atoms with E-state index < -0.39 is 0 Å². The monoisotopic (exact) mass is 191 g/mol. The zero-order chi connectivity index (χ0) is 5.98. The molecule has 0 saturated heterocycles. The van der Waals surface area contributed by atoms with Gasteiger partial charge in [-0.1, -0.05) is 0 Å². The Morgan fingerprint density at radius 2 is 2.38 bits per heavy atom. The van der Waals surface area contributed by atoms with Crippen LogP contribution in [0.15, 0.2) is 15.9 Å². The van der Waals surface area contributed by atoms with Crippen molar-refractivity contribution < 1.29 is 0 Å². The summed E-state index contributed by atoms with van der Waals surface area (Å²) in [5.74, 6) is 0. The van der Waals surface area contributed by atoms with Crippen LogP contribution in [0.25, 0.3) is 0 Å². The Kier molecular flexibility index (Phi) is 1.91. The van der Waals surface area contributed by atoms with Crippen molar-refractivity contribution in [3.63, 3.8) is 0 Å². The average molecular weight is 192 g/mol. The number of hydrogen-bond acceptors (Lipinski definition) is 2. The number of nitrogens with one attached hydrogen (secondary N) is 1. The zero-order valence-electron chi connectivity index (χ0n) is 4.44. The molecule has 1 aromatic rings. The van der Waals surface area contributed by atoms with Gasteiger partial charge in [-0.05, 0) is 28.1 Å². The molecular formula is C5H6BrNS. The Balaban J connectivity index is 2.84. The van der Waals surface area contributed by atoms with E-state index in [9.17, 15) is 0 Å². The fraction of sp³-hybridized carbons (Fsp3) is 0.200. The second-order valence-corrected chi connectivity index (χ2v) is 3.82. The number of rotatable bonds is 1. The third kappa shape index (κ3) is 1.23. The first-order valence-corrected chi connectivity index (χ1v) is 3.87.